The molecule has 2 atom stereocenters. The van der Waals surface area contributed by atoms with Crippen LogP contribution in [0.1, 0.15) is 61.4 Å². The third-order valence-electron chi connectivity index (χ3n) is 7.11. The van der Waals surface area contributed by atoms with Gasteiger partial charge in [0.2, 0.25) is 11.8 Å². The molecule has 6 nitrogen and oxygen atoms in total. The highest BCUT2D eigenvalue weighted by Gasteiger charge is 2.60. The number of benzene rings is 1. The second-order valence-electron chi connectivity index (χ2n) is 9.68. The van der Waals surface area contributed by atoms with Crippen LogP contribution >= 0.6 is 0 Å². The minimum absolute atomic E-state index is 0.0252. The summed E-state index contributed by atoms with van der Waals surface area (Å²) < 4.78 is 13.6. The summed E-state index contributed by atoms with van der Waals surface area (Å²) in [6, 6.07) is 4.38. The van der Waals surface area contributed by atoms with Crippen LogP contribution in [-0.2, 0) is 9.59 Å². The van der Waals surface area contributed by atoms with E-state index in [9.17, 15) is 18.8 Å². The Labute approximate surface area is 176 Å². The summed E-state index contributed by atoms with van der Waals surface area (Å²) in [5, 5.41) is 8.90. The molecule has 5 rings (SSSR count). The number of nitrogens with one attached hydrogen (secondary N) is 3. The molecule has 4 aliphatic carbocycles. The molecule has 162 valence electrons. The highest BCUT2D eigenvalue weighted by Crippen LogP contribution is 2.61. The molecule has 4 saturated carbocycles. The Morgan fingerprint density at radius 2 is 1.73 bits per heavy atom. The van der Waals surface area contributed by atoms with Gasteiger partial charge in [0.25, 0.3) is 5.91 Å². The first-order valence-corrected chi connectivity index (χ1v) is 10.8. The van der Waals surface area contributed by atoms with Gasteiger partial charge < -0.3 is 16.0 Å². The molecular weight excluding hydrogens is 385 g/mol. The SMILES string of the molecule is CC(=O)NC12CC3CC(C1)CC(C(=O)NCCNC(=O)c1ccc(C)c(F)c1)(C3)C2. The van der Waals surface area contributed by atoms with E-state index in [0.29, 0.717) is 30.4 Å². The van der Waals surface area contributed by atoms with Crippen molar-refractivity contribution in [3.8, 4) is 0 Å². The Hall–Kier alpha value is -2.44. The fraction of sp³-hybridized carbons (Fsp3) is 0.609. The maximum absolute atomic E-state index is 13.6. The van der Waals surface area contributed by atoms with E-state index in [1.807, 2.05) is 0 Å². The van der Waals surface area contributed by atoms with Gasteiger partial charge in [0.1, 0.15) is 5.82 Å². The van der Waals surface area contributed by atoms with Gasteiger partial charge in [0.05, 0.1) is 5.41 Å². The lowest BCUT2D eigenvalue weighted by atomic mass is 9.46. The molecule has 2 unspecified atom stereocenters. The largest absolute Gasteiger partial charge is 0.354 e. The summed E-state index contributed by atoms with van der Waals surface area (Å²) in [4.78, 5) is 37.1. The lowest BCUT2D eigenvalue weighted by molar-refractivity contribution is -0.153. The van der Waals surface area contributed by atoms with Crippen molar-refractivity contribution in [1.82, 2.24) is 16.0 Å². The molecule has 0 saturated heterocycles. The van der Waals surface area contributed by atoms with Gasteiger partial charge in [-0.3, -0.25) is 14.4 Å². The molecule has 0 aromatic heterocycles. The number of halogens is 1. The van der Waals surface area contributed by atoms with Crippen molar-refractivity contribution in [2.45, 2.75) is 57.9 Å². The highest BCUT2D eigenvalue weighted by molar-refractivity contribution is 5.94. The van der Waals surface area contributed by atoms with Crippen molar-refractivity contribution in [3.05, 3.63) is 35.1 Å². The van der Waals surface area contributed by atoms with Gasteiger partial charge >= 0.3 is 0 Å². The van der Waals surface area contributed by atoms with Crippen molar-refractivity contribution < 1.29 is 18.8 Å². The Balaban J connectivity index is 1.32. The van der Waals surface area contributed by atoms with Crippen LogP contribution in [0.3, 0.4) is 0 Å². The van der Waals surface area contributed by atoms with Crippen molar-refractivity contribution in [2.24, 2.45) is 17.3 Å². The molecule has 3 amide bonds. The zero-order valence-corrected chi connectivity index (χ0v) is 17.6. The Morgan fingerprint density at radius 3 is 2.37 bits per heavy atom. The van der Waals surface area contributed by atoms with Crippen LogP contribution in [0.4, 0.5) is 4.39 Å². The molecule has 7 heteroatoms. The Kier molecular flexibility index (Phi) is 5.32. The number of hydrogen-bond acceptors (Lipinski definition) is 3. The average molecular weight is 416 g/mol. The zero-order chi connectivity index (χ0) is 21.5. The van der Waals surface area contributed by atoms with Crippen LogP contribution in [0.5, 0.6) is 0 Å². The van der Waals surface area contributed by atoms with Crippen molar-refractivity contribution in [2.75, 3.05) is 13.1 Å². The van der Waals surface area contributed by atoms with E-state index < -0.39 is 11.2 Å². The smallest absolute Gasteiger partial charge is 0.251 e. The molecule has 1 aromatic rings. The van der Waals surface area contributed by atoms with Crippen molar-refractivity contribution >= 4 is 17.7 Å². The first kappa shape index (κ1) is 20.8. The standard InChI is InChI=1S/C23H30FN3O3/c1-14-3-4-18(8-19(14)24)20(29)25-5-6-26-21(30)22-9-16-7-17(10-22)12-23(11-16,13-22)27-15(2)28/h3-4,8,16-17H,5-7,9-13H2,1-2H3,(H,25,29)(H,26,30)(H,27,28). The van der Waals surface area contributed by atoms with Crippen molar-refractivity contribution in [3.63, 3.8) is 0 Å². The number of amides is 3. The molecular formula is C23H30FN3O3. The third-order valence-corrected chi connectivity index (χ3v) is 7.11. The van der Waals surface area contributed by atoms with Gasteiger partial charge in [-0.15, -0.1) is 0 Å². The number of carbonyl (C=O) groups excluding carboxylic acids is 3. The topological polar surface area (TPSA) is 87.3 Å². The Bertz CT molecular complexity index is 870. The van der Waals surface area contributed by atoms with Gasteiger partial charge in [-0.1, -0.05) is 6.07 Å². The van der Waals surface area contributed by atoms with Crippen LogP contribution in [0, 0.1) is 30.0 Å². The fourth-order valence-corrected chi connectivity index (χ4v) is 6.42. The van der Waals surface area contributed by atoms with Crippen molar-refractivity contribution in [1.29, 1.82) is 0 Å². The minimum atomic E-state index is -0.420. The lowest BCUT2D eigenvalue weighted by Gasteiger charge is -2.61. The molecule has 0 spiro atoms. The van der Waals surface area contributed by atoms with Gasteiger partial charge in [0, 0.05) is 31.1 Å². The van der Waals surface area contributed by atoms with Crippen LogP contribution in [0.15, 0.2) is 18.2 Å². The van der Waals surface area contributed by atoms with Crippen LogP contribution < -0.4 is 16.0 Å². The van der Waals surface area contributed by atoms with Crippen LogP contribution in [0.2, 0.25) is 0 Å². The normalized spacial score (nSPS) is 31.3. The summed E-state index contributed by atoms with van der Waals surface area (Å²) in [6.45, 7) is 3.80. The van der Waals surface area contributed by atoms with Gasteiger partial charge in [0.15, 0.2) is 0 Å². The summed E-state index contributed by atoms with van der Waals surface area (Å²) in [7, 11) is 0. The minimum Gasteiger partial charge on any atom is -0.354 e. The average Bonchev–Trinajstić information content (AvgIpc) is 2.64. The summed E-state index contributed by atoms with van der Waals surface area (Å²) in [5.74, 6) is 0.207. The first-order chi connectivity index (χ1) is 14.2. The number of rotatable bonds is 6. The maximum Gasteiger partial charge on any atom is 0.251 e. The molecule has 4 bridgehead atoms. The van der Waals surface area contributed by atoms with E-state index >= 15 is 0 Å². The van der Waals surface area contributed by atoms with Gasteiger partial charge in [-0.05, 0) is 75.0 Å². The van der Waals surface area contributed by atoms with Crippen LogP contribution in [0.25, 0.3) is 0 Å². The van der Waals surface area contributed by atoms with Crippen LogP contribution in [-0.4, -0.2) is 36.3 Å². The second kappa shape index (κ2) is 7.67. The molecule has 0 radical (unpaired) electrons. The Morgan fingerprint density at radius 1 is 1.07 bits per heavy atom. The fourth-order valence-electron chi connectivity index (χ4n) is 6.42. The van der Waals surface area contributed by atoms with E-state index in [0.717, 1.165) is 32.1 Å². The first-order valence-electron chi connectivity index (χ1n) is 10.8. The predicted molar refractivity (Wildman–Crippen MR) is 110 cm³/mol. The number of hydrogen-bond donors (Lipinski definition) is 3. The van der Waals surface area contributed by atoms with E-state index in [2.05, 4.69) is 16.0 Å². The predicted octanol–water partition coefficient (Wildman–Crippen LogP) is 2.46. The second-order valence-corrected chi connectivity index (χ2v) is 9.68. The summed E-state index contributed by atoms with van der Waals surface area (Å²) in [5.41, 5.74) is 0.0994. The number of aryl methyl sites for hydroxylation is 1. The molecule has 0 heterocycles. The van der Waals surface area contributed by atoms with E-state index in [-0.39, 0.29) is 35.4 Å². The molecule has 3 N–H and O–H groups in total. The highest BCUT2D eigenvalue weighted by atomic mass is 19.1. The monoisotopic (exact) mass is 415 g/mol. The molecule has 0 aliphatic heterocycles. The maximum atomic E-state index is 13.6. The zero-order valence-electron chi connectivity index (χ0n) is 17.6. The number of carbonyl (C=O) groups is 3. The van der Waals surface area contributed by atoms with E-state index in [1.165, 1.54) is 6.07 Å². The molecule has 4 fully saturated rings. The van der Waals surface area contributed by atoms with Gasteiger partial charge in [-0.2, -0.15) is 0 Å². The van der Waals surface area contributed by atoms with Gasteiger partial charge in [-0.25, -0.2) is 4.39 Å². The molecule has 30 heavy (non-hydrogen) atoms. The van der Waals surface area contributed by atoms with E-state index in [1.54, 1.807) is 26.0 Å². The quantitative estimate of drug-likeness (QED) is 0.624. The lowest BCUT2D eigenvalue weighted by Crippen LogP contribution is -2.65. The third kappa shape index (κ3) is 3.94. The van der Waals surface area contributed by atoms with E-state index in [4.69, 9.17) is 0 Å². The summed E-state index contributed by atoms with van der Waals surface area (Å²) >= 11 is 0. The molecule has 4 aliphatic rings. The molecule has 1 aromatic carbocycles. The summed E-state index contributed by atoms with van der Waals surface area (Å²) in [6.07, 6.45) is 5.56.